The highest BCUT2D eigenvalue weighted by molar-refractivity contribution is 5.81. The van der Waals surface area contributed by atoms with Crippen molar-refractivity contribution in [1.29, 1.82) is 5.53 Å². The minimum absolute atomic E-state index is 0.0278. The molecule has 7 heteroatoms. The van der Waals surface area contributed by atoms with E-state index in [0.717, 1.165) is 12.8 Å². The van der Waals surface area contributed by atoms with Crippen molar-refractivity contribution in [3.8, 4) is 11.1 Å². The van der Waals surface area contributed by atoms with Gasteiger partial charge in [-0.1, -0.05) is 30.3 Å². The van der Waals surface area contributed by atoms with Crippen molar-refractivity contribution >= 4 is 11.4 Å². The number of alkyl halides is 3. The molecule has 0 radical (unpaired) electrons. The first-order valence-electron chi connectivity index (χ1n) is 7.99. The molecule has 0 saturated heterocycles. The average Bonchev–Trinajstić information content (AvgIpc) is 3.42. The summed E-state index contributed by atoms with van der Waals surface area (Å²) in [6, 6.07) is 9.15. The third-order valence-corrected chi connectivity index (χ3v) is 4.30. The van der Waals surface area contributed by atoms with Crippen molar-refractivity contribution in [3.05, 3.63) is 47.5 Å². The summed E-state index contributed by atoms with van der Waals surface area (Å²) in [4.78, 5) is 0. The van der Waals surface area contributed by atoms with Gasteiger partial charge in [-0.05, 0) is 41.5 Å². The zero-order valence-corrected chi connectivity index (χ0v) is 13.4. The number of hydrogen-bond acceptors (Lipinski definition) is 4. The molecule has 0 unspecified atom stereocenters. The van der Waals surface area contributed by atoms with E-state index in [2.05, 4.69) is 10.4 Å². The zero-order valence-electron chi connectivity index (χ0n) is 13.4. The highest BCUT2D eigenvalue weighted by Crippen LogP contribution is 2.46. The van der Waals surface area contributed by atoms with Crippen LogP contribution in [-0.2, 0) is 12.8 Å². The fourth-order valence-electron chi connectivity index (χ4n) is 2.74. The second-order valence-electron chi connectivity index (χ2n) is 6.17. The second-order valence-corrected chi connectivity index (χ2v) is 6.17. The molecule has 25 heavy (non-hydrogen) atoms. The largest absolute Gasteiger partial charge is 0.419 e. The third kappa shape index (κ3) is 3.82. The van der Waals surface area contributed by atoms with Crippen LogP contribution >= 0.6 is 0 Å². The number of nitrogens with zero attached hydrogens (tertiary/aromatic N) is 1. The zero-order chi connectivity index (χ0) is 18.0. The lowest BCUT2D eigenvalue weighted by Gasteiger charge is -2.18. The number of nitrogens with one attached hydrogen (secondary N) is 2. The first-order valence-corrected chi connectivity index (χ1v) is 7.99. The second kappa shape index (κ2) is 6.84. The number of hydrogen-bond donors (Lipinski definition) is 3. The van der Waals surface area contributed by atoms with Crippen molar-refractivity contribution in [2.24, 2.45) is 11.0 Å². The summed E-state index contributed by atoms with van der Waals surface area (Å²) in [6.45, 7) is 0.411. The maximum atomic E-state index is 13.7. The Morgan fingerprint density at radius 1 is 1.12 bits per heavy atom. The molecule has 3 N–H and O–H groups in total. The van der Waals surface area contributed by atoms with E-state index in [-0.39, 0.29) is 17.9 Å². The van der Waals surface area contributed by atoms with Crippen molar-refractivity contribution in [2.75, 3.05) is 11.9 Å². The third-order valence-electron chi connectivity index (χ3n) is 4.30. The maximum absolute atomic E-state index is 13.7. The number of aliphatic hydroxyl groups is 1. The molecule has 1 aliphatic carbocycles. The highest BCUT2D eigenvalue weighted by atomic mass is 19.4. The van der Waals surface area contributed by atoms with Crippen LogP contribution in [0.3, 0.4) is 0 Å². The molecule has 0 amide bonds. The van der Waals surface area contributed by atoms with E-state index in [4.69, 9.17) is 10.6 Å². The smallest absolute Gasteiger partial charge is 0.392 e. The molecule has 0 heterocycles. The molecule has 0 aromatic heterocycles. The lowest BCUT2D eigenvalue weighted by molar-refractivity contribution is -0.136. The molecule has 1 aliphatic rings. The molecule has 132 valence electrons. The molecule has 2 aromatic carbocycles. The summed E-state index contributed by atoms with van der Waals surface area (Å²) >= 11 is 0. The molecule has 0 atom stereocenters. The predicted molar refractivity (Wildman–Crippen MR) is 88.8 cm³/mol. The van der Waals surface area contributed by atoms with Crippen LogP contribution in [0.1, 0.15) is 24.0 Å². The Bertz CT molecular complexity index is 768. The van der Waals surface area contributed by atoms with E-state index in [1.165, 1.54) is 18.2 Å². The van der Waals surface area contributed by atoms with Gasteiger partial charge in [0.05, 0.1) is 17.9 Å². The van der Waals surface area contributed by atoms with Gasteiger partial charge in [-0.15, -0.1) is 0 Å². The summed E-state index contributed by atoms with van der Waals surface area (Å²) < 4.78 is 41.1. The number of rotatable bonds is 6. The maximum Gasteiger partial charge on any atom is 0.419 e. The predicted octanol–water partition coefficient (Wildman–Crippen LogP) is 5.35. The van der Waals surface area contributed by atoms with Crippen LogP contribution in [-0.4, -0.2) is 11.7 Å². The minimum Gasteiger partial charge on any atom is -0.392 e. The van der Waals surface area contributed by atoms with Gasteiger partial charge in [-0.25, -0.2) is 5.53 Å². The fraction of sp³-hybridized carbons (Fsp3) is 0.333. The molecule has 0 bridgehead atoms. The molecule has 1 fully saturated rings. The van der Waals surface area contributed by atoms with Gasteiger partial charge >= 0.3 is 6.18 Å². The highest BCUT2D eigenvalue weighted by Gasteiger charge is 2.38. The Morgan fingerprint density at radius 2 is 1.80 bits per heavy atom. The van der Waals surface area contributed by atoms with Gasteiger partial charge in [0.25, 0.3) is 0 Å². The summed E-state index contributed by atoms with van der Waals surface area (Å²) in [5.41, 5.74) is 7.15. The minimum atomic E-state index is -4.64. The molecule has 4 nitrogen and oxygen atoms in total. The van der Waals surface area contributed by atoms with Crippen LogP contribution in [0.2, 0.25) is 0 Å². The average molecular weight is 349 g/mol. The quantitative estimate of drug-likeness (QED) is 0.615. The van der Waals surface area contributed by atoms with Crippen LogP contribution in [0, 0.1) is 11.4 Å². The van der Waals surface area contributed by atoms with Gasteiger partial charge in [0.15, 0.2) is 0 Å². The molecule has 2 aromatic rings. The molecule has 3 rings (SSSR count). The monoisotopic (exact) mass is 349 g/mol. The van der Waals surface area contributed by atoms with Gasteiger partial charge in [0, 0.05) is 6.54 Å². The molecule has 0 aliphatic heterocycles. The van der Waals surface area contributed by atoms with Gasteiger partial charge in [0.1, 0.15) is 5.69 Å². The molecule has 1 saturated carbocycles. The summed E-state index contributed by atoms with van der Waals surface area (Å²) in [5.74, 6) is 0.485. The molecule has 0 spiro atoms. The Labute approximate surface area is 143 Å². The first kappa shape index (κ1) is 17.4. The topological polar surface area (TPSA) is 68.5 Å². The molecular weight excluding hydrogens is 331 g/mol. The Kier molecular flexibility index (Phi) is 4.76. The fourth-order valence-corrected chi connectivity index (χ4v) is 2.74. The van der Waals surface area contributed by atoms with E-state index in [1.54, 1.807) is 18.2 Å². The number of aliphatic hydroxyl groups excluding tert-OH is 1. The SMILES string of the molecule is N=Nc1c(NCC2CC2)ccc(-c2ccc(CO)cc2)c1C(F)(F)F. The van der Waals surface area contributed by atoms with Crippen LogP contribution in [0.4, 0.5) is 24.5 Å². The Morgan fingerprint density at radius 3 is 2.32 bits per heavy atom. The molecular formula is C18H18F3N3O. The van der Waals surface area contributed by atoms with Gasteiger partial charge < -0.3 is 10.4 Å². The van der Waals surface area contributed by atoms with Crippen LogP contribution in [0.15, 0.2) is 41.5 Å². The summed E-state index contributed by atoms with van der Waals surface area (Å²) in [7, 11) is 0. The number of benzene rings is 2. The summed E-state index contributed by atoms with van der Waals surface area (Å²) in [6.07, 6.45) is -2.49. The summed E-state index contributed by atoms with van der Waals surface area (Å²) in [5, 5.41) is 15.3. The van der Waals surface area contributed by atoms with Crippen LogP contribution in [0.5, 0.6) is 0 Å². The normalized spacial score (nSPS) is 14.4. The van der Waals surface area contributed by atoms with E-state index in [1.807, 2.05) is 0 Å². The van der Waals surface area contributed by atoms with E-state index >= 15 is 0 Å². The van der Waals surface area contributed by atoms with Crippen LogP contribution in [0.25, 0.3) is 11.1 Å². The number of halogens is 3. The van der Waals surface area contributed by atoms with E-state index in [0.29, 0.717) is 23.6 Å². The van der Waals surface area contributed by atoms with Crippen LogP contribution < -0.4 is 5.32 Å². The Hall–Kier alpha value is -2.41. The van der Waals surface area contributed by atoms with E-state index in [9.17, 15) is 13.2 Å². The van der Waals surface area contributed by atoms with E-state index < -0.39 is 17.4 Å². The lowest BCUT2D eigenvalue weighted by atomic mass is 9.96. The van der Waals surface area contributed by atoms with Gasteiger partial charge in [0.2, 0.25) is 0 Å². The first-order chi connectivity index (χ1) is 11.9. The van der Waals surface area contributed by atoms with Gasteiger partial charge in [-0.2, -0.15) is 18.3 Å². The van der Waals surface area contributed by atoms with Crippen molar-refractivity contribution in [2.45, 2.75) is 25.6 Å². The number of anilines is 1. The lowest BCUT2D eigenvalue weighted by Crippen LogP contribution is -2.11. The van der Waals surface area contributed by atoms with Gasteiger partial charge in [-0.3, -0.25) is 0 Å². The Balaban J connectivity index is 2.08. The van der Waals surface area contributed by atoms with Crippen molar-refractivity contribution < 1.29 is 18.3 Å². The standard InChI is InChI=1S/C18H18F3N3O/c19-18(20,21)16-14(13-5-3-12(10-25)4-6-13)7-8-15(17(16)24-22)23-9-11-1-2-11/h3-8,11,22-23,25H,1-2,9-10H2. The van der Waals surface area contributed by atoms with Crippen molar-refractivity contribution in [1.82, 2.24) is 0 Å². The van der Waals surface area contributed by atoms with Crippen molar-refractivity contribution in [3.63, 3.8) is 0 Å².